The highest BCUT2D eigenvalue weighted by molar-refractivity contribution is 7.13. The van der Waals surface area contributed by atoms with Gasteiger partial charge in [0.2, 0.25) is 0 Å². The van der Waals surface area contributed by atoms with Crippen LogP contribution in [0.4, 0.5) is 0 Å². The lowest BCUT2D eigenvalue weighted by atomic mass is 10.1. The molecule has 0 unspecified atom stereocenters. The van der Waals surface area contributed by atoms with Gasteiger partial charge in [0, 0.05) is 35.4 Å². The number of nitrogens with one attached hydrogen (secondary N) is 1. The first kappa shape index (κ1) is 15.1. The summed E-state index contributed by atoms with van der Waals surface area (Å²) in [5.74, 6) is -0.243. The van der Waals surface area contributed by atoms with Crippen molar-refractivity contribution in [1.29, 1.82) is 0 Å². The zero-order chi connectivity index (χ0) is 16.1. The average Bonchev–Trinajstić information content (AvgIpc) is 3.11. The molecule has 23 heavy (non-hydrogen) atoms. The van der Waals surface area contributed by atoms with Gasteiger partial charge in [0.25, 0.3) is 5.91 Å². The molecule has 1 N–H and O–H groups in total. The molecular weight excluding hydrogens is 310 g/mol. The third-order valence-electron chi connectivity index (χ3n) is 3.19. The van der Waals surface area contributed by atoms with Crippen LogP contribution in [0.3, 0.4) is 0 Å². The number of hydrogen-bond donors (Lipinski definition) is 1. The van der Waals surface area contributed by atoms with E-state index in [0.717, 1.165) is 22.4 Å². The topological polar surface area (TPSA) is 72.0 Å². The first-order chi connectivity index (χ1) is 11.3. The van der Waals surface area contributed by atoms with Crippen LogP contribution in [-0.2, 0) is 6.54 Å². The second-order valence-corrected chi connectivity index (χ2v) is 5.68. The van der Waals surface area contributed by atoms with Gasteiger partial charge in [0.1, 0.15) is 17.0 Å². The van der Waals surface area contributed by atoms with Gasteiger partial charge in [0.05, 0.1) is 0 Å². The van der Waals surface area contributed by atoms with Crippen molar-refractivity contribution in [2.45, 2.75) is 6.54 Å². The van der Waals surface area contributed by atoms with E-state index >= 15 is 0 Å². The second-order valence-electron chi connectivity index (χ2n) is 4.83. The highest BCUT2D eigenvalue weighted by atomic mass is 32.1. The highest BCUT2D eigenvalue weighted by Crippen LogP contribution is 2.22. The molecule has 5 nitrogen and oxygen atoms in total. The summed E-state index contributed by atoms with van der Waals surface area (Å²) in [7, 11) is 0. The van der Waals surface area contributed by atoms with Crippen LogP contribution in [0.15, 0.2) is 54.2 Å². The molecule has 0 saturated heterocycles. The van der Waals surface area contributed by atoms with Crippen molar-refractivity contribution in [3.8, 4) is 10.6 Å². The smallest absolute Gasteiger partial charge is 0.271 e. The van der Waals surface area contributed by atoms with E-state index in [-0.39, 0.29) is 5.91 Å². The molecule has 6 heteroatoms. The maximum atomic E-state index is 12.2. The van der Waals surface area contributed by atoms with Crippen molar-refractivity contribution in [3.05, 3.63) is 71.0 Å². The Morgan fingerprint density at radius 2 is 2.17 bits per heavy atom. The molecule has 0 aliphatic carbocycles. The van der Waals surface area contributed by atoms with Crippen LogP contribution in [0.5, 0.6) is 0 Å². The first-order valence-electron chi connectivity index (χ1n) is 6.94. The predicted molar refractivity (Wildman–Crippen MR) is 88.3 cm³/mol. The molecule has 0 aliphatic heterocycles. The number of aromatic nitrogens is 2. The van der Waals surface area contributed by atoms with Crippen LogP contribution in [0.1, 0.15) is 26.4 Å². The summed E-state index contributed by atoms with van der Waals surface area (Å²) in [5, 5.41) is 5.28. The van der Waals surface area contributed by atoms with Crippen molar-refractivity contribution in [2.24, 2.45) is 0 Å². The van der Waals surface area contributed by atoms with Crippen LogP contribution >= 0.6 is 11.3 Å². The Hall–Kier alpha value is -2.86. The fourth-order valence-corrected chi connectivity index (χ4v) is 2.84. The fourth-order valence-electron chi connectivity index (χ4n) is 2.05. The van der Waals surface area contributed by atoms with E-state index in [9.17, 15) is 9.59 Å². The Labute approximate surface area is 137 Å². The third-order valence-corrected chi connectivity index (χ3v) is 4.08. The summed E-state index contributed by atoms with van der Waals surface area (Å²) in [5.41, 5.74) is 2.71. The summed E-state index contributed by atoms with van der Waals surface area (Å²) >= 11 is 1.40. The van der Waals surface area contributed by atoms with E-state index in [1.807, 2.05) is 18.2 Å². The molecule has 0 bridgehead atoms. The molecule has 0 spiro atoms. The number of hydrogen-bond acceptors (Lipinski definition) is 5. The number of amides is 1. The zero-order valence-corrected chi connectivity index (χ0v) is 12.9. The van der Waals surface area contributed by atoms with Gasteiger partial charge in [0.15, 0.2) is 0 Å². The largest absolute Gasteiger partial charge is 0.347 e. The Morgan fingerprint density at radius 3 is 2.96 bits per heavy atom. The van der Waals surface area contributed by atoms with Gasteiger partial charge in [-0.25, -0.2) is 4.98 Å². The van der Waals surface area contributed by atoms with Crippen LogP contribution in [0.2, 0.25) is 0 Å². The molecule has 0 fully saturated rings. The summed E-state index contributed by atoms with van der Waals surface area (Å²) < 4.78 is 0. The molecule has 3 aromatic rings. The van der Waals surface area contributed by atoms with Gasteiger partial charge >= 0.3 is 0 Å². The van der Waals surface area contributed by atoms with E-state index in [2.05, 4.69) is 15.3 Å². The maximum absolute atomic E-state index is 12.2. The molecule has 2 aromatic heterocycles. The molecule has 2 heterocycles. The number of aldehydes is 1. The maximum Gasteiger partial charge on any atom is 0.271 e. The normalized spacial score (nSPS) is 10.3. The summed E-state index contributed by atoms with van der Waals surface area (Å²) in [6.07, 6.45) is 4.19. The lowest BCUT2D eigenvalue weighted by Gasteiger charge is -2.04. The number of benzene rings is 1. The van der Waals surface area contributed by atoms with Gasteiger partial charge in [-0.15, -0.1) is 11.3 Å². The SMILES string of the molecule is O=Cc1cccc(CNC(=O)c2csc(-c3cccnc3)n2)c1. The minimum absolute atomic E-state index is 0.243. The molecule has 114 valence electrons. The number of carbonyl (C=O) groups is 2. The molecule has 3 rings (SSSR count). The van der Waals surface area contributed by atoms with Gasteiger partial charge < -0.3 is 5.32 Å². The number of nitrogens with zero attached hydrogens (tertiary/aromatic N) is 2. The predicted octanol–water partition coefficient (Wildman–Crippen LogP) is 2.95. The van der Waals surface area contributed by atoms with Gasteiger partial charge in [-0.1, -0.05) is 18.2 Å². The number of pyridine rings is 1. The fraction of sp³-hybridized carbons (Fsp3) is 0.0588. The number of rotatable bonds is 5. The average molecular weight is 323 g/mol. The minimum atomic E-state index is -0.243. The van der Waals surface area contributed by atoms with Crippen molar-refractivity contribution < 1.29 is 9.59 Å². The quantitative estimate of drug-likeness (QED) is 0.733. The van der Waals surface area contributed by atoms with Crippen molar-refractivity contribution in [3.63, 3.8) is 0 Å². The van der Waals surface area contributed by atoms with Crippen LogP contribution < -0.4 is 5.32 Å². The Kier molecular flexibility index (Phi) is 4.54. The van der Waals surface area contributed by atoms with Gasteiger partial charge in [-0.05, 0) is 23.8 Å². The van der Waals surface area contributed by atoms with Gasteiger partial charge in [-0.2, -0.15) is 0 Å². The van der Waals surface area contributed by atoms with Crippen LogP contribution in [0.25, 0.3) is 10.6 Å². The summed E-state index contributed by atoms with van der Waals surface area (Å²) in [6, 6.07) is 10.8. The van der Waals surface area contributed by atoms with E-state index in [4.69, 9.17) is 0 Å². The van der Waals surface area contributed by atoms with Crippen molar-refractivity contribution in [2.75, 3.05) is 0 Å². The van der Waals surface area contributed by atoms with Crippen molar-refractivity contribution >= 4 is 23.5 Å². The lowest BCUT2D eigenvalue weighted by molar-refractivity contribution is 0.0946. The van der Waals surface area contributed by atoms with E-state index in [1.54, 1.807) is 36.0 Å². The molecule has 0 radical (unpaired) electrons. The van der Waals surface area contributed by atoms with Crippen molar-refractivity contribution in [1.82, 2.24) is 15.3 Å². The monoisotopic (exact) mass is 323 g/mol. The Balaban J connectivity index is 1.67. The zero-order valence-electron chi connectivity index (χ0n) is 12.1. The van der Waals surface area contributed by atoms with Crippen LogP contribution in [0, 0.1) is 0 Å². The summed E-state index contributed by atoms with van der Waals surface area (Å²) in [6.45, 7) is 0.347. The Bertz CT molecular complexity index is 831. The third kappa shape index (κ3) is 3.67. The standard InChI is InChI=1S/C17H13N3O2S/c21-10-13-4-1-3-12(7-13)8-19-16(22)15-11-23-17(20-15)14-5-2-6-18-9-14/h1-7,9-11H,8H2,(H,19,22). The number of carbonyl (C=O) groups excluding carboxylic acids is 2. The Morgan fingerprint density at radius 1 is 1.26 bits per heavy atom. The number of thiazole rings is 1. The lowest BCUT2D eigenvalue weighted by Crippen LogP contribution is -2.23. The van der Waals surface area contributed by atoms with E-state index in [0.29, 0.717) is 17.8 Å². The molecule has 0 saturated carbocycles. The van der Waals surface area contributed by atoms with Crippen LogP contribution in [-0.4, -0.2) is 22.2 Å². The second kappa shape index (κ2) is 6.93. The molecule has 0 aliphatic rings. The molecule has 0 atom stereocenters. The van der Waals surface area contributed by atoms with Gasteiger partial charge in [-0.3, -0.25) is 14.6 Å². The minimum Gasteiger partial charge on any atom is -0.347 e. The molecule has 1 amide bonds. The van der Waals surface area contributed by atoms with E-state index < -0.39 is 0 Å². The first-order valence-corrected chi connectivity index (χ1v) is 7.82. The van der Waals surface area contributed by atoms with E-state index in [1.165, 1.54) is 11.3 Å². The highest BCUT2D eigenvalue weighted by Gasteiger charge is 2.11. The molecule has 1 aromatic carbocycles. The molecular formula is C17H13N3O2S. The summed E-state index contributed by atoms with van der Waals surface area (Å²) in [4.78, 5) is 31.3.